The number of ether oxygens (including phenoxy) is 1. The predicted octanol–water partition coefficient (Wildman–Crippen LogP) is 4.45. The van der Waals surface area contributed by atoms with E-state index in [1.54, 1.807) is 47.4 Å². The highest BCUT2D eigenvalue weighted by Gasteiger charge is 2.24. The number of pyridine rings is 1. The van der Waals surface area contributed by atoms with Crippen LogP contribution < -0.4 is 15.4 Å². The fourth-order valence-electron chi connectivity index (χ4n) is 3.99. The average molecular weight is 527 g/mol. The molecule has 0 atom stereocenters. The van der Waals surface area contributed by atoms with Gasteiger partial charge in [0.15, 0.2) is 12.4 Å². The Labute approximate surface area is 216 Å². The molecule has 0 saturated carbocycles. The van der Waals surface area contributed by atoms with E-state index < -0.39 is 5.82 Å². The zero-order valence-electron chi connectivity index (χ0n) is 19.0. The van der Waals surface area contributed by atoms with E-state index in [0.29, 0.717) is 65.1 Å². The van der Waals surface area contributed by atoms with Crippen LogP contribution in [0.2, 0.25) is 10.0 Å². The second kappa shape index (κ2) is 10.1. The number of aromatic nitrogens is 3. The number of piperazine rings is 1. The van der Waals surface area contributed by atoms with Crippen LogP contribution in [0.25, 0.3) is 22.3 Å². The Morgan fingerprint density at radius 1 is 0.972 bits per heavy atom. The number of carbonyl (C=O) groups excluding carboxylic acids is 1. The van der Waals surface area contributed by atoms with E-state index >= 15 is 0 Å². The first-order chi connectivity index (χ1) is 17.4. The summed E-state index contributed by atoms with van der Waals surface area (Å²) in [5.74, 6) is 0.691. The molecular formula is C25H21Cl2FN6O2. The highest BCUT2D eigenvalue weighted by atomic mass is 35.5. The van der Waals surface area contributed by atoms with Crippen molar-refractivity contribution < 1.29 is 13.9 Å². The Bertz CT molecular complexity index is 1430. The lowest BCUT2D eigenvalue weighted by atomic mass is 10.1. The van der Waals surface area contributed by atoms with Crippen LogP contribution in [0.4, 0.5) is 16.2 Å². The third-order valence-corrected chi connectivity index (χ3v) is 6.41. The van der Waals surface area contributed by atoms with E-state index in [1.807, 2.05) is 4.90 Å². The number of hydrogen-bond acceptors (Lipinski definition) is 7. The maximum Gasteiger partial charge on any atom is 0.260 e. The molecule has 1 amide bonds. The molecule has 3 heterocycles. The van der Waals surface area contributed by atoms with Crippen molar-refractivity contribution in [1.29, 1.82) is 0 Å². The summed E-state index contributed by atoms with van der Waals surface area (Å²) in [5.41, 5.74) is 8.39. The van der Waals surface area contributed by atoms with Crippen molar-refractivity contribution in [3.63, 3.8) is 0 Å². The Morgan fingerprint density at radius 2 is 1.72 bits per heavy atom. The van der Waals surface area contributed by atoms with E-state index in [9.17, 15) is 9.18 Å². The molecule has 0 bridgehead atoms. The first kappa shape index (κ1) is 24.0. The molecule has 184 valence electrons. The molecule has 1 saturated heterocycles. The summed E-state index contributed by atoms with van der Waals surface area (Å²) in [6.07, 6.45) is 0. The van der Waals surface area contributed by atoms with Crippen LogP contribution in [0.1, 0.15) is 0 Å². The zero-order valence-corrected chi connectivity index (χ0v) is 20.5. The number of benzene rings is 2. The molecule has 2 aromatic carbocycles. The number of nitrogen functional groups attached to an aromatic ring is 1. The van der Waals surface area contributed by atoms with E-state index in [4.69, 9.17) is 38.7 Å². The van der Waals surface area contributed by atoms with Crippen molar-refractivity contribution in [2.24, 2.45) is 0 Å². The van der Waals surface area contributed by atoms with Gasteiger partial charge in [-0.1, -0.05) is 23.2 Å². The van der Waals surface area contributed by atoms with Crippen LogP contribution in [0.5, 0.6) is 5.75 Å². The van der Waals surface area contributed by atoms with Crippen LogP contribution in [-0.2, 0) is 4.79 Å². The lowest BCUT2D eigenvalue weighted by Gasteiger charge is -2.35. The fraction of sp³-hybridized carbons (Fsp3) is 0.200. The van der Waals surface area contributed by atoms with Gasteiger partial charge in [0.05, 0.1) is 16.2 Å². The van der Waals surface area contributed by atoms with Gasteiger partial charge >= 0.3 is 0 Å². The van der Waals surface area contributed by atoms with E-state index in [1.165, 1.54) is 12.1 Å². The highest BCUT2D eigenvalue weighted by Crippen LogP contribution is 2.29. The van der Waals surface area contributed by atoms with Crippen molar-refractivity contribution in [1.82, 2.24) is 19.9 Å². The van der Waals surface area contributed by atoms with Crippen molar-refractivity contribution in [2.45, 2.75) is 0 Å². The summed E-state index contributed by atoms with van der Waals surface area (Å²) < 4.78 is 19.2. The van der Waals surface area contributed by atoms with Crippen LogP contribution in [0, 0.1) is 5.82 Å². The molecule has 0 unspecified atom stereocenters. The zero-order chi connectivity index (χ0) is 25.2. The molecule has 2 aromatic heterocycles. The van der Waals surface area contributed by atoms with Crippen LogP contribution in [-0.4, -0.2) is 58.5 Å². The van der Waals surface area contributed by atoms with Crippen molar-refractivity contribution in [2.75, 3.05) is 43.4 Å². The summed E-state index contributed by atoms with van der Waals surface area (Å²) >= 11 is 11.8. The molecule has 1 aliphatic rings. The molecule has 36 heavy (non-hydrogen) atoms. The maximum absolute atomic E-state index is 13.6. The largest absolute Gasteiger partial charge is 0.484 e. The first-order valence-electron chi connectivity index (χ1n) is 11.2. The second-order valence-corrected chi connectivity index (χ2v) is 9.05. The van der Waals surface area contributed by atoms with Gasteiger partial charge in [0.2, 0.25) is 5.95 Å². The topological polar surface area (TPSA) is 97.5 Å². The Balaban J connectivity index is 1.32. The van der Waals surface area contributed by atoms with Gasteiger partial charge in [-0.15, -0.1) is 0 Å². The standard InChI is InChI=1S/C25H21Cl2FN6O2/c26-16-2-4-17(5-3-16)36-14-22(35)33-9-11-34(12-10-33)24-23-21(31-25(29)32-24)8-7-20(30-23)15-1-6-19(28)18(27)13-15/h1-8,13H,9-12,14H2,(H2,29,31,32). The molecule has 0 radical (unpaired) electrons. The quantitative estimate of drug-likeness (QED) is 0.410. The number of nitrogens with two attached hydrogens (primary N) is 1. The van der Waals surface area contributed by atoms with Crippen LogP contribution in [0.3, 0.4) is 0 Å². The number of amides is 1. The average Bonchev–Trinajstić information content (AvgIpc) is 2.89. The Hall–Kier alpha value is -3.69. The summed E-state index contributed by atoms with van der Waals surface area (Å²) in [6.45, 7) is 1.98. The molecule has 1 fully saturated rings. The van der Waals surface area contributed by atoms with Gasteiger partial charge in [0.1, 0.15) is 17.1 Å². The van der Waals surface area contributed by atoms with Crippen molar-refractivity contribution in [3.8, 4) is 17.0 Å². The molecule has 0 spiro atoms. The summed E-state index contributed by atoms with van der Waals surface area (Å²) in [6, 6.07) is 14.9. The molecular weight excluding hydrogens is 506 g/mol. The van der Waals surface area contributed by atoms with Gasteiger partial charge in [0, 0.05) is 36.8 Å². The summed E-state index contributed by atoms with van der Waals surface area (Å²) in [5, 5.41) is 0.620. The molecule has 8 nitrogen and oxygen atoms in total. The highest BCUT2D eigenvalue weighted by molar-refractivity contribution is 6.31. The molecule has 0 aliphatic carbocycles. The monoisotopic (exact) mass is 526 g/mol. The number of fused-ring (bicyclic) bond motifs is 1. The molecule has 5 rings (SSSR count). The summed E-state index contributed by atoms with van der Waals surface area (Å²) in [4.78, 5) is 29.9. The molecule has 4 aromatic rings. The SMILES string of the molecule is Nc1nc(N2CCN(C(=O)COc3ccc(Cl)cc3)CC2)c2nc(-c3ccc(F)c(Cl)c3)ccc2n1. The van der Waals surface area contributed by atoms with Gasteiger partial charge in [-0.3, -0.25) is 4.79 Å². The number of rotatable bonds is 5. The lowest BCUT2D eigenvalue weighted by molar-refractivity contribution is -0.133. The van der Waals surface area contributed by atoms with Gasteiger partial charge in [-0.25, -0.2) is 14.4 Å². The number of nitrogens with zero attached hydrogens (tertiary/aromatic N) is 5. The van der Waals surface area contributed by atoms with Crippen molar-refractivity contribution >= 4 is 51.9 Å². The number of carbonyl (C=O) groups is 1. The minimum Gasteiger partial charge on any atom is -0.484 e. The predicted molar refractivity (Wildman–Crippen MR) is 138 cm³/mol. The van der Waals surface area contributed by atoms with E-state index in [2.05, 4.69) is 9.97 Å². The van der Waals surface area contributed by atoms with Gasteiger partial charge in [-0.2, -0.15) is 4.98 Å². The fourth-order valence-corrected chi connectivity index (χ4v) is 4.29. The lowest BCUT2D eigenvalue weighted by Crippen LogP contribution is -2.50. The van der Waals surface area contributed by atoms with E-state index in [-0.39, 0.29) is 23.5 Å². The van der Waals surface area contributed by atoms with Crippen LogP contribution in [0.15, 0.2) is 54.6 Å². The van der Waals surface area contributed by atoms with Gasteiger partial charge < -0.3 is 20.3 Å². The smallest absolute Gasteiger partial charge is 0.260 e. The number of hydrogen-bond donors (Lipinski definition) is 1. The Kier molecular flexibility index (Phi) is 6.75. The first-order valence-corrected chi connectivity index (χ1v) is 11.9. The number of anilines is 2. The normalized spacial score (nSPS) is 13.8. The third-order valence-electron chi connectivity index (χ3n) is 5.86. The third kappa shape index (κ3) is 5.12. The summed E-state index contributed by atoms with van der Waals surface area (Å²) in [7, 11) is 0. The molecule has 11 heteroatoms. The van der Waals surface area contributed by atoms with Gasteiger partial charge in [0.25, 0.3) is 5.91 Å². The minimum absolute atomic E-state index is 0.0176. The van der Waals surface area contributed by atoms with Crippen molar-refractivity contribution in [3.05, 3.63) is 70.5 Å². The maximum atomic E-state index is 13.6. The second-order valence-electron chi connectivity index (χ2n) is 8.21. The van der Waals surface area contributed by atoms with E-state index in [0.717, 1.165) is 0 Å². The molecule has 2 N–H and O–H groups in total. The Morgan fingerprint density at radius 3 is 2.44 bits per heavy atom. The molecule has 1 aliphatic heterocycles. The minimum atomic E-state index is -0.496. The van der Waals surface area contributed by atoms with Gasteiger partial charge in [-0.05, 0) is 54.6 Å². The van der Waals surface area contributed by atoms with Crippen LogP contribution >= 0.6 is 23.2 Å². The number of halogens is 3.